The molecule has 0 spiro atoms. The van der Waals surface area contributed by atoms with Crippen molar-refractivity contribution >= 4 is 63.5 Å². The van der Waals surface area contributed by atoms with E-state index in [-0.39, 0.29) is 41.3 Å². The monoisotopic (exact) mass is 794 g/mol. The highest BCUT2D eigenvalue weighted by Gasteiger charge is 2.51. The van der Waals surface area contributed by atoms with Gasteiger partial charge in [0.1, 0.15) is 11.9 Å². The van der Waals surface area contributed by atoms with Gasteiger partial charge in [0.15, 0.2) is 10.8 Å². The zero-order chi connectivity index (χ0) is 38.0. The van der Waals surface area contributed by atoms with E-state index in [0.29, 0.717) is 34.9 Å². The number of hydrogen-bond donors (Lipinski definition) is 1. The Morgan fingerprint density at radius 1 is 1.08 bits per heavy atom. The van der Waals surface area contributed by atoms with Gasteiger partial charge in [-0.15, -0.1) is 11.3 Å². The number of aromatic nitrogens is 1. The van der Waals surface area contributed by atoms with E-state index >= 15 is 0 Å². The summed E-state index contributed by atoms with van der Waals surface area (Å²) in [6.45, 7) is 8.70. The lowest BCUT2D eigenvalue weighted by Crippen LogP contribution is -2.67. The number of nitrogens with zero attached hydrogens (tertiary/aromatic N) is 3. The summed E-state index contributed by atoms with van der Waals surface area (Å²) in [7, 11) is -6.69. The molecule has 1 fully saturated rings. The van der Waals surface area contributed by atoms with Crippen molar-refractivity contribution in [3.05, 3.63) is 123 Å². The molecular formula is C39H44ClFN4O5S2Si. The molecule has 0 radical (unpaired) electrons. The lowest BCUT2D eigenvalue weighted by atomic mass is 9.84. The number of allylic oxidation sites excluding steroid dienone is 1. The summed E-state index contributed by atoms with van der Waals surface area (Å²) >= 11 is 8.00. The van der Waals surface area contributed by atoms with Crippen LogP contribution >= 0.6 is 22.9 Å². The second-order valence-corrected chi connectivity index (χ2v) is 21.8. The molecule has 1 N–H and O–H groups in total. The van der Waals surface area contributed by atoms with Crippen LogP contribution in [0.25, 0.3) is 0 Å². The molecule has 2 aliphatic heterocycles. The maximum atomic E-state index is 14.3. The topological polar surface area (TPSA) is 110 Å². The molecule has 280 valence electrons. The van der Waals surface area contributed by atoms with Crippen molar-refractivity contribution in [2.45, 2.75) is 57.7 Å². The van der Waals surface area contributed by atoms with Crippen molar-refractivity contribution < 1.29 is 26.8 Å². The van der Waals surface area contributed by atoms with E-state index in [1.54, 1.807) is 13.1 Å². The standard InChI is InChI=1S/C39H44ClFN4O5S2Si/c1-6-49-38(46)33-34(43-36(37-42-20-22-51-37)44-35(33)31-18-17-27(41)24-32(31)40)26-19-21-45(52(5,47)48)28(23-26)25-50-53(39(2,3)4,29-13-9-7-10-14-29)30-15-11-8-12-16-30/h7-18,20,22,24,26,28,35H,6,19,21,23,25H2,1-5H3,(H,43,44)/t26-,28-,35?/m0/s1. The van der Waals surface area contributed by atoms with Crippen LogP contribution in [0, 0.1) is 11.7 Å². The SMILES string of the molecule is CCOC(=O)C1=C([C@H]2CCN(S(C)(=O)=O)[C@H](CO[Si](c3ccccc3)(c3ccccc3)C(C)(C)C)C2)NC(c2nccs2)=NC1c1ccc(F)cc1Cl. The lowest BCUT2D eigenvalue weighted by molar-refractivity contribution is -0.139. The van der Waals surface area contributed by atoms with Crippen molar-refractivity contribution in [3.63, 3.8) is 0 Å². The highest BCUT2D eigenvalue weighted by Crippen LogP contribution is 2.42. The molecule has 2 aliphatic rings. The normalized spacial score (nSPS) is 20.1. The number of carbonyl (C=O) groups is 1. The average Bonchev–Trinajstić information content (AvgIpc) is 3.67. The van der Waals surface area contributed by atoms with Crippen molar-refractivity contribution in [2.24, 2.45) is 10.9 Å². The minimum atomic E-state index is -3.65. The molecule has 1 aromatic heterocycles. The van der Waals surface area contributed by atoms with Crippen LogP contribution < -0.4 is 15.7 Å². The Kier molecular flexibility index (Phi) is 11.7. The predicted molar refractivity (Wildman–Crippen MR) is 211 cm³/mol. The van der Waals surface area contributed by atoms with Gasteiger partial charge in [-0.3, -0.25) is 4.99 Å². The fraction of sp³-hybridized carbons (Fsp3) is 0.359. The van der Waals surface area contributed by atoms with E-state index < -0.39 is 42.2 Å². The molecule has 0 amide bonds. The third-order valence-corrected chi connectivity index (χ3v) is 17.3. The Morgan fingerprint density at radius 3 is 2.28 bits per heavy atom. The highest BCUT2D eigenvalue weighted by molar-refractivity contribution is 7.88. The van der Waals surface area contributed by atoms with Gasteiger partial charge in [-0.05, 0) is 47.3 Å². The Hall–Kier alpha value is -3.72. The molecule has 1 unspecified atom stereocenters. The number of thiazole rings is 1. The molecule has 3 atom stereocenters. The van der Waals surface area contributed by atoms with Gasteiger partial charge in [-0.2, -0.15) is 4.31 Å². The number of benzene rings is 3. The van der Waals surface area contributed by atoms with Gasteiger partial charge in [-0.25, -0.2) is 22.6 Å². The maximum absolute atomic E-state index is 14.3. The number of ether oxygens (including phenoxy) is 1. The lowest BCUT2D eigenvalue weighted by Gasteiger charge is -2.46. The number of nitrogens with one attached hydrogen (secondary N) is 1. The quantitative estimate of drug-likeness (QED) is 0.137. The Labute approximate surface area is 321 Å². The van der Waals surface area contributed by atoms with Crippen LogP contribution in [0.1, 0.15) is 57.1 Å². The van der Waals surface area contributed by atoms with Gasteiger partial charge >= 0.3 is 5.97 Å². The fourth-order valence-electron chi connectivity index (χ4n) is 7.58. The van der Waals surface area contributed by atoms with Crippen molar-refractivity contribution in [1.82, 2.24) is 14.6 Å². The number of carbonyl (C=O) groups excluding carboxylic acids is 1. The van der Waals surface area contributed by atoms with Crippen LogP contribution in [0.15, 0.2) is 107 Å². The summed E-state index contributed by atoms with van der Waals surface area (Å²) in [6, 6.07) is 22.9. The first kappa shape index (κ1) is 39.0. The van der Waals surface area contributed by atoms with Crippen LogP contribution in [0.2, 0.25) is 10.1 Å². The number of esters is 1. The van der Waals surface area contributed by atoms with Gasteiger partial charge in [0.25, 0.3) is 8.32 Å². The minimum Gasteiger partial charge on any atom is -0.463 e. The summed E-state index contributed by atoms with van der Waals surface area (Å²) in [6.07, 6.45) is 3.64. The second kappa shape index (κ2) is 15.9. The Morgan fingerprint density at radius 2 is 1.74 bits per heavy atom. The van der Waals surface area contributed by atoms with Crippen LogP contribution in [-0.2, 0) is 24.0 Å². The maximum Gasteiger partial charge on any atom is 0.338 e. The van der Waals surface area contributed by atoms with Gasteiger partial charge in [0, 0.05) is 46.4 Å². The first-order valence-corrected chi connectivity index (χ1v) is 22.6. The van der Waals surface area contributed by atoms with Gasteiger partial charge in [0.05, 0.1) is 25.0 Å². The number of halogens is 2. The molecule has 0 bridgehead atoms. The largest absolute Gasteiger partial charge is 0.463 e. The summed E-state index contributed by atoms with van der Waals surface area (Å²) in [5.41, 5.74) is 1.23. The van der Waals surface area contributed by atoms with E-state index in [2.05, 4.69) is 55.3 Å². The number of hydrogen-bond acceptors (Lipinski definition) is 9. The summed E-state index contributed by atoms with van der Waals surface area (Å²) in [4.78, 5) is 23.3. The first-order valence-electron chi connectivity index (χ1n) is 17.6. The predicted octanol–water partition coefficient (Wildman–Crippen LogP) is 6.46. The third-order valence-electron chi connectivity index (χ3n) is 9.87. The zero-order valence-electron chi connectivity index (χ0n) is 30.4. The number of amidine groups is 1. The molecule has 53 heavy (non-hydrogen) atoms. The molecule has 0 aliphatic carbocycles. The number of piperidine rings is 1. The van der Waals surface area contributed by atoms with Gasteiger partial charge < -0.3 is 14.5 Å². The van der Waals surface area contributed by atoms with E-state index in [1.165, 1.54) is 40.1 Å². The zero-order valence-corrected chi connectivity index (χ0v) is 33.8. The molecule has 4 aromatic rings. The van der Waals surface area contributed by atoms with Crippen LogP contribution in [0.4, 0.5) is 4.39 Å². The van der Waals surface area contributed by atoms with Crippen LogP contribution in [0.3, 0.4) is 0 Å². The van der Waals surface area contributed by atoms with Gasteiger partial charge in [0.2, 0.25) is 10.0 Å². The smallest absolute Gasteiger partial charge is 0.338 e. The van der Waals surface area contributed by atoms with Crippen LogP contribution in [0.5, 0.6) is 0 Å². The van der Waals surface area contributed by atoms with E-state index in [0.717, 1.165) is 10.4 Å². The summed E-state index contributed by atoms with van der Waals surface area (Å²) in [5.74, 6) is -1.02. The summed E-state index contributed by atoms with van der Waals surface area (Å²) < 4.78 is 55.5. The molecule has 0 saturated carbocycles. The Bertz CT molecular complexity index is 2060. The average molecular weight is 795 g/mol. The van der Waals surface area contributed by atoms with E-state index in [9.17, 15) is 17.6 Å². The second-order valence-electron chi connectivity index (χ2n) is 14.3. The molecule has 14 heteroatoms. The summed E-state index contributed by atoms with van der Waals surface area (Å²) in [5, 5.41) is 7.80. The molecule has 9 nitrogen and oxygen atoms in total. The molecular weight excluding hydrogens is 751 g/mol. The highest BCUT2D eigenvalue weighted by atomic mass is 35.5. The number of sulfonamides is 1. The fourth-order valence-corrected chi connectivity index (χ4v) is 14.2. The van der Waals surface area contributed by atoms with Crippen molar-refractivity contribution in [2.75, 3.05) is 26.0 Å². The number of aliphatic imine (C=N–C) groups is 1. The Balaban J connectivity index is 1.45. The third kappa shape index (κ3) is 8.06. The van der Waals surface area contributed by atoms with Crippen LogP contribution in [-0.4, -0.2) is 69.9 Å². The molecule has 3 heterocycles. The molecule has 1 saturated heterocycles. The first-order chi connectivity index (χ1) is 25.2. The van der Waals surface area contributed by atoms with E-state index in [4.69, 9.17) is 25.8 Å². The molecule has 6 rings (SSSR count). The number of rotatable bonds is 11. The van der Waals surface area contributed by atoms with E-state index in [1.807, 2.05) is 41.8 Å². The van der Waals surface area contributed by atoms with Gasteiger partial charge in [-0.1, -0.05) is 99.1 Å². The van der Waals surface area contributed by atoms with Crippen molar-refractivity contribution in [3.8, 4) is 0 Å². The molecule has 3 aromatic carbocycles. The van der Waals surface area contributed by atoms with Crippen molar-refractivity contribution in [1.29, 1.82) is 0 Å². The minimum absolute atomic E-state index is 0.115.